The van der Waals surface area contributed by atoms with Gasteiger partial charge in [0.25, 0.3) is 0 Å². The third-order valence-corrected chi connectivity index (χ3v) is 5.25. The van der Waals surface area contributed by atoms with Crippen molar-refractivity contribution in [2.24, 2.45) is 0 Å². The molecule has 3 aromatic carbocycles. The Labute approximate surface area is 182 Å². The summed E-state index contributed by atoms with van der Waals surface area (Å²) in [5.41, 5.74) is 5.22. The number of ether oxygens (including phenoxy) is 3. The molecule has 0 atom stereocenters. The van der Waals surface area contributed by atoms with Gasteiger partial charge in [0.2, 0.25) is 0 Å². The van der Waals surface area contributed by atoms with Gasteiger partial charge in [-0.2, -0.15) is 0 Å². The quantitative estimate of drug-likeness (QED) is 0.370. The normalized spacial score (nSPS) is 10.8. The van der Waals surface area contributed by atoms with Crippen molar-refractivity contribution in [3.8, 4) is 22.6 Å². The highest BCUT2D eigenvalue weighted by Gasteiger charge is 2.14. The van der Waals surface area contributed by atoms with E-state index in [1.807, 2.05) is 42.6 Å². The van der Waals surface area contributed by atoms with Crippen molar-refractivity contribution in [3.05, 3.63) is 79.0 Å². The number of aromatic nitrogens is 1. The Morgan fingerprint density at radius 2 is 1.48 bits per heavy atom. The highest BCUT2D eigenvalue weighted by Crippen LogP contribution is 2.34. The molecule has 158 valence electrons. The number of benzene rings is 3. The zero-order valence-electron chi connectivity index (χ0n) is 18.0. The minimum atomic E-state index is 0.583. The molecule has 0 saturated heterocycles. The molecule has 0 radical (unpaired) electrons. The standard InChI is InChI=1S/C26H26N2O3/c1-29-12-11-28(23-15-24(30-2)17-25(16-23)31-3)22-9-10-26-20(14-22)13-21(18-27-26)19-7-5-4-6-8-19/h4-10,13-18H,11-12H2,1-3H3. The largest absolute Gasteiger partial charge is 0.497 e. The summed E-state index contributed by atoms with van der Waals surface area (Å²) in [5, 5.41) is 1.08. The summed E-state index contributed by atoms with van der Waals surface area (Å²) in [6.45, 7) is 1.27. The van der Waals surface area contributed by atoms with E-state index in [4.69, 9.17) is 14.2 Å². The fraction of sp³-hybridized carbons (Fsp3) is 0.192. The van der Waals surface area contributed by atoms with Gasteiger partial charge in [0.1, 0.15) is 11.5 Å². The number of rotatable bonds is 8. The fourth-order valence-electron chi connectivity index (χ4n) is 3.61. The van der Waals surface area contributed by atoms with E-state index >= 15 is 0 Å². The molecule has 1 aromatic heterocycles. The van der Waals surface area contributed by atoms with Crippen LogP contribution in [0.1, 0.15) is 0 Å². The second kappa shape index (κ2) is 9.49. The molecule has 31 heavy (non-hydrogen) atoms. The number of pyridine rings is 1. The van der Waals surface area contributed by atoms with E-state index in [0.29, 0.717) is 13.2 Å². The van der Waals surface area contributed by atoms with Crippen LogP contribution in [0.25, 0.3) is 22.0 Å². The topological polar surface area (TPSA) is 43.8 Å². The molecule has 4 aromatic rings. The van der Waals surface area contributed by atoms with Crippen molar-refractivity contribution in [2.75, 3.05) is 39.4 Å². The SMILES string of the molecule is COCCN(c1cc(OC)cc(OC)c1)c1ccc2ncc(-c3ccccc3)cc2c1. The van der Waals surface area contributed by atoms with Gasteiger partial charge >= 0.3 is 0 Å². The van der Waals surface area contributed by atoms with Crippen LogP contribution in [0.15, 0.2) is 79.0 Å². The summed E-state index contributed by atoms with van der Waals surface area (Å²) < 4.78 is 16.3. The van der Waals surface area contributed by atoms with Crippen molar-refractivity contribution in [1.82, 2.24) is 4.98 Å². The molecule has 0 N–H and O–H groups in total. The monoisotopic (exact) mass is 414 g/mol. The summed E-state index contributed by atoms with van der Waals surface area (Å²) in [4.78, 5) is 6.86. The first-order chi connectivity index (χ1) is 15.2. The number of hydrogen-bond acceptors (Lipinski definition) is 5. The maximum absolute atomic E-state index is 5.47. The molecule has 4 rings (SSSR count). The number of hydrogen-bond donors (Lipinski definition) is 0. The summed E-state index contributed by atoms with van der Waals surface area (Å²) in [6, 6.07) is 24.6. The van der Waals surface area contributed by atoms with Crippen molar-refractivity contribution < 1.29 is 14.2 Å². The molecule has 0 bridgehead atoms. The van der Waals surface area contributed by atoms with E-state index in [9.17, 15) is 0 Å². The molecule has 0 aliphatic carbocycles. The van der Waals surface area contributed by atoms with E-state index in [0.717, 1.165) is 44.9 Å². The Morgan fingerprint density at radius 3 is 2.16 bits per heavy atom. The second-order valence-corrected chi connectivity index (χ2v) is 7.18. The first-order valence-corrected chi connectivity index (χ1v) is 10.2. The number of nitrogens with zero attached hydrogens (tertiary/aromatic N) is 2. The predicted molar refractivity (Wildman–Crippen MR) is 126 cm³/mol. The first kappa shape index (κ1) is 20.7. The van der Waals surface area contributed by atoms with Gasteiger partial charge in [-0.05, 0) is 29.8 Å². The first-order valence-electron chi connectivity index (χ1n) is 10.2. The van der Waals surface area contributed by atoms with Crippen molar-refractivity contribution in [1.29, 1.82) is 0 Å². The third kappa shape index (κ3) is 4.62. The highest BCUT2D eigenvalue weighted by atomic mass is 16.5. The zero-order chi connectivity index (χ0) is 21.6. The van der Waals surface area contributed by atoms with Crippen molar-refractivity contribution in [2.45, 2.75) is 0 Å². The summed E-state index contributed by atoms with van der Waals surface area (Å²) in [5.74, 6) is 1.48. The summed E-state index contributed by atoms with van der Waals surface area (Å²) >= 11 is 0. The molecule has 0 spiro atoms. The average Bonchev–Trinajstić information content (AvgIpc) is 2.84. The third-order valence-electron chi connectivity index (χ3n) is 5.25. The van der Waals surface area contributed by atoms with Crippen LogP contribution in [-0.2, 0) is 4.74 Å². The Hall–Kier alpha value is -3.57. The molecule has 0 unspecified atom stereocenters. The highest BCUT2D eigenvalue weighted by molar-refractivity contribution is 5.87. The molecule has 0 saturated carbocycles. The van der Waals surface area contributed by atoms with E-state index in [2.05, 4.69) is 46.3 Å². The van der Waals surface area contributed by atoms with Crippen LogP contribution < -0.4 is 14.4 Å². The fourth-order valence-corrected chi connectivity index (χ4v) is 3.61. The smallest absolute Gasteiger partial charge is 0.124 e. The van der Waals surface area contributed by atoms with Crippen LogP contribution >= 0.6 is 0 Å². The Morgan fingerprint density at radius 1 is 0.742 bits per heavy atom. The lowest BCUT2D eigenvalue weighted by Gasteiger charge is -2.26. The van der Waals surface area contributed by atoms with Gasteiger partial charge in [0, 0.05) is 60.4 Å². The number of anilines is 2. The Bertz CT molecular complexity index is 1140. The molecule has 5 nitrogen and oxygen atoms in total. The van der Waals surface area contributed by atoms with Crippen molar-refractivity contribution >= 4 is 22.3 Å². The van der Waals surface area contributed by atoms with Gasteiger partial charge in [-0.15, -0.1) is 0 Å². The number of methoxy groups -OCH3 is 3. The lowest BCUT2D eigenvalue weighted by Crippen LogP contribution is -2.22. The molecule has 0 amide bonds. The minimum absolute atomic E-state index is 0.583. The van der Waals surface area contributed by atoms with Crippen LogP contribution in [0.2, 0.25) is 0 Å². The molecule has 0 aliphatic heterocycles. The summed E-state index contributed by atoms with van der Waals surface area (Å²) in [6.07, 6.45) is 1.92. The lowest BCUT2D eigenvalue weighted by molar-refractivity contribution is 0.207. The van der Waals surface area contributed by atoms with Crippen LogP contribution in [-0.4, -0.2) is 39.5 Å². The molecular weight excluding hydrogens is 388 g/mol. The minimum Gasteiger partial charge on any atom is -0.497 e. The van der Waals surface area contributed by atoms with Gasteiger partial charge < -0.3 is 19.1 Å². The van der Waals surface area contributed by atoms with Gasteiger partial charge in [0.05, 0.1) is 26.3 Å². The molecule has 0 fully saturated rings. The summed E-state index contributed by atoms with van der Waals surface area (Å²) in [7, 11) is 5.02. The molecule has 0 aliphatic rings. The zero-order valence-corrected chi connectivity index (χ0v) is 18.0. The van der Waals surface area contributed by atoms with Gasteiger partial charge in [-0.1, -0.05) is 30.3 Å². The van der Waals surface area contributed by atoms with Gasteiger partial charge in [-0.25, -0.2) is 0 Å². The Balaban J connectivity index is 1.78. The van der Waals surface area contributed by atoms with Gasteiger partial charge in [0.15, 0.2) is 0 Å². The van der Waals surface area contributed by atoms with Crippen LogP contribution in [0.5, 0.6) is 11.5 Å². The van der Waals surface area contributed by atoms with E-state index < -0.39 is 0 Å². The van der Waals surface area contributed by atoms with Crippen LogP contribution in [0.4, 0.5) is 11.4 Å². The lowest BCUT2D eigenvalue weighted by atomic mass is 10.0. The van der Waals surface area contributed by atoms with E-state index in [1.165, 1.54) is 0 Å². The van der Waals surface area contributed by atoms with Crippen molar-refractivity contribution in [3.63, 3.8) is 0 Å². The average molecular weight is 415 g/mol. The van der Waals surface area contributed by atoms with Crippen LogP contribution in [0, 0.1) is 0 Å². The molecular formula is C26H26N2O3. The second-order valence-electron chi connectivity index (χ2n) is 7.18. The molecule has 5 heteroatoms. The maximum atomic E-state index is 5.47. The number of fused-ring (bicyclic) bond motifs is 1. The molecule has 1 heterocycles. The Kier molecular flexibility index (Phi) is 6.34. The van der Waals surface area contributed by atoms with Crippen LogP contribution in [0.3, 0.4) is 0 Å². The maximum Gasteiger partial charge on any atom is 0.124 e. The van der Waals surface area contributed by atoms with E-state index in [-0.39, 0.29) is 0 Å². The van der Waals surface area contributed by atoms with Gasteiger partial charge in [-0.3, -0.25) is 4.98 Å². The van der Waals surface area contributed by atoms with E-state index in [1.54, 1.807) is 21.3 Å². The predicted octanol–water partition coefficient (Wildman–Crippen LogP) is 5.70.